The second-order valence-electron chi connectivity index (χ2n) is 33.9. The maximum absolute atomic E-state index is 12.8. The Labute approximate surface area is 819 Å². The second kappa shape index (κ2) is 47.1. The molecule has 10 aliphatic heterocycles. The Morgan fingerprint density at radius 1 is 0.472 bits per heavy atom. The number of hydrogen-bond acceptors (Lipinski definition) is 26. The number of piperidine rings is 6. The zero-order valence-electron chi connectivity index (χ0n) is 72.8. The van der Waals surface area contributed by atoms with Crippen LogP contribution in [0.3, 0.4) is 0 Å². The summed E-state index contributed by atoms with van der Waals surface area (Å²) >= 11 is 23.1. The third kappa shape index (κ3) is 27.7. The number of nitrogens with zero attached hydrogens (tertiary/aromatic N) is 15. The molecule has 3 unspecified atom stereocenters. The van der Waals surface area contributed by atoms with E-state index < -0.39 is 30.1 Å². The molecule has 0 radical (unpaired) electrons. The first-order valence-electron chi connectivity index (χ1n) is 42.5. The van der Waals surface area contributed by atoms with Gasteiger partial charge in [0.05, 0.1) is 66.3 Å². The number of fused-ring (bicyclic) bond motifs is 6. The van der Waals surface area contributed by atoms with Gasteiger partial charge < -0.3 is 54.2 Å². The van der Waals surface area contributed by atoms with E-state index in [2.05, 4.69) is 225 Å². The second-order valence-corrected chi connectivity index (χ2v) is 236. The van der Waals surface area contributed by atoms with Crippen molar-refractivity contribution >= 4 is 250 Å². The summed E-state index contributed by atoms with van der Waals surface area (Å²) in [7, 11) is -5.06. The summed E-state index contributed by atoms with van der Waals surface area (Å²) in [5.41, 5.74) is 6.67. The van der Waals surface area contributed by atoms with Crippen molar-refractivity contribution in [2.24, 2.45) is 0 Å². The molecule has 10 aliphatic rings. The van der Waals surface area contributed by atoms with Crippen molar-refractivity contribution in [1.82, 2.24) is 73.4 Å². The van der Waals surface area contributed by atoms with Gasteiger partial charge in [-0.15, -0.1) is 0 Å². The average molecular weight is 2940 g/mol. The van der Waals surface area contributed by atoms with E-state index in [1.54, 1.807) is 31.1 Å². The van der Waals surface area contributed by atoms with E-state index in [-0.39, 0.29) is 122 Å². The van der Waals surface area contributed by atoms with Crippen LogP contribution in [-0.4, -0.2) is 249 Å². The number of ether oxygens (including phenoxy) is 3. The van der Waals surface area contributed by atoms with Gasteiger partial charge in [0.2, 0.25) is 47.9 Å². The van der Waals surface area contributed by atoms with Gasteiger partial charge in [-0.1, -0.05) is 43.0 Å². The molecule has 6 aromatic rings. The quantitative estimate of drug-likeness (QED) is 0.0186. The van der Waals surface area contributed by atoms with E-state index in [0.717, 1.165) is 187 Å². The van der Waals surface area contributed by atoms with Gasteiger partial charge in [0, 0.05) is 148 Å². The van der Waals surface area contributed by atoms with Crippen molar-refractivity contribution in [1.29, 1.82) is 0 Å². The summed E-state index contributed by atoms with van der Waals surface area (Å²) < 4.78 is 110. The van der Waals surface area contributed by atoms with E-state index in [1.807, 2.05) is 78.7 Å². The number of H-pyrrole nitrogens is 3. The van der Waals surface area contributed by atoms with Gasteiger partial charge in [-0.25, -0.2) is 40.2 Å². The number of hydrogen-bond donors (Lipinski definition) is 6. The van der Waals surface area contributed by atoms with Crippen LogP contribution >= 0.6 is 155 Å². The van der Waals surface area contributed by atoms with Gasteiger partial charge in [-0.3, -0.25) is 15.3 Å². The molecular formula is C78H119BClI10N21O11S3. The van der Waals surface area contributed by atoms with Crippen LogP contribution in [0.2, 0.25) is 5.15 Å². The van der Waals surface area contributed by atoms with Crippen LogP contribution in [0.15, 0.2) is 54.0 Å². The van der Waals surface area contributed by atoms with Gasteiger partial charge in [0.25, 0.3) is 0 Å². The predicted molar refractivity (Wildman–Crippen MR) is 589 cm³/mol. The third-order valence-corrected chi connectivity index (χ3v) is 527. The molecule has 0 amide bonds. The van der Waals surface area contributed by atoms with Crippen LogP contribution in [0.25, 0.3) is 5.57 Å². The fourth-order valence-electron chi connectivity index (χ4n) is 17.9. The molecule has 0 aliphatic carbocycles. The normalized spacial score (nSPS) is 25.0. The molecule has 47 heteroatoms. The van der Waals surface area contributed by atoms with E-state index in [0.29, 0.717) is 72.0 Å². The fraction of sp³-hybridized carbons (Fsp3) is 0.679. The first-order chi connectivity index (χ1) is 59.3. The first-order valence-corrected chi connectivity index (χ1v) is 104. The molecule has 32 nitrogen and oxygen atoms in total. The molecule has 0 aromatic carbocycles. The molecular weight excluding hydrogens is 2820 g/mol. The van der Waals surface area contributed by atoms with Crippen LogP contribution in [0.1, 0.15) is 205 Å². The molecule has 8 saturated heterocycles. The van der Waals surface area contributed by atoms with Crippen molar-refractivity contribution in [3.8, 4) is 0 Å². The summed E-state index contributed by atoms with van der Waals surface area (Å²) in [6.07, 6.45) is 21.2. The standard InChI is InChI=1S/C24H37N7O3S.C24H35N7O3S.C19H28ClN7O2S.C11H19BO3.I10/c2*1-4-35(32,33)31-18-6-5-7-19(31)14-20(13-18)30(3)24-25-21(17-8-10-34-11-9-17)15-22(27-24)26-23-12-16(2)28-29-23;1-4-30(28,29)27-13-6-5-7-14(27)10-15(9-13)26(3)19-21-16(20)11-17(23-19)22-18-8-12(2)24-25-18;1-10(2)11(3,4)15-12(14-10)9-5-7-13-8-6-9;1-7(2)9(5)10(6)8(3)4/h12,15,17-20H,4-11,13-14H2,1-3H3,(H2,25,26,27,28,29);8,12,15,18-20H,4-7,9-11,13-14H2,1-3H3,(H2,25,26,27,28,29);8,11,13-15H,4-7,9-10H2,1-3H3,(H2,21,22,23,24,25);5H,6-8H2,1-4H3;/t2*18-,19+,20?;13-,14+,15?;;. The number of rotatable bonds is 24. The number of aryl methyl sites for hydroxylation is 3. The number of anilines is 9. The van der Waals surface area contributed by atoms with Crippen LogP contribution in [0.5, 0.6) is 0 Å². The molecule has 0 spiro atoms. The Kier molecular flexibility index (Phi) is 39.3. The molecule has 16 rings (SSSR count). The number of aromatic amines is 3. The van der Waals surface area contributed by atoms with Crippen molar-refractivity contribution < 1.29 is 48.8 Å². The molecule has 700 valence electrons. The Hall–Kier alpha value is 0.335. The van der Waals surface area contributed by atoms with Crippen LogP contribution in [0.4, 0.5) is 52.8 Å². The van der Waals surface area contributed by atoms with E-state index >= 15 is 0 Å². The topological polar surface area (TPSA) is 367 Å². The Bertz CT molecular complexity index is 4950. The SMILES string of the molecule is CC1(C)OB(C2=CCOCC2)OC1(C)C.CCS(=O)(=O)N1[C@@H]2CCC[C@H]1CC(N(C)c1nc(Cl)cc(Nc3cc(C)[nH]n3)n1)C2.CCS(=O)(=O)N1[C@@H]2CCC[C@H]1CC(N(C)c1nc(Nc3cc(C)[nH]n3)cc(C3=CCOCC3)n1)C2.CCS(=O)(=O)N1[C@@H]2CCC[C@H]1CC(N(C)c1nc(Nc3cc(C)[nH]n3)cc(C3CCOCC3)n1)C2.II(I)I(I)I(I)I(I)I. The number of halogens is 11. The molecule has 6 bridgehead atoms. The summed E-state index contributed by atoms with van der Waals surface area (Å²) in [5.74, 6) is 6.70. The van der Waals surface area contributed by atoms with E-state index in [4.69, 9.17) is 55.1 Å². The van der Waals surface area contributed by atoms with Crippen molar-refractivity contribution in [3.63, 3.8) is 0 Å². The first kappa shape index (κ1) is 104. The molecule has 0 saturated carbocycles. The molecule has 125 heavy (non-hydrogen) atoms. The fourth-order valence-corrected chi connectivity index (χ4v) is 861. The minimum absolute atomic E-state index is 0.0405. The van der Waals surface area contributed by atoms with Gasteiger partial charge in [-0.05, 0) is 183 Å². The monoisotopic (exact) mass is 2940 g/mol. The Morgan fingerprint density at radius 3 is 1.18 bits per heavy atom. The van der Waals surface area contributed by atoms with Gasteiger partial charge in [-0.2, -0.15) is 43.2 Å². The van der Waals surface area contributed by atoms with Crippen LogP contribution < -0.4 is 30.7 Å². The number of sulfonamides is 3. The molecule has 6 N–H and O–H groups in total. The molecule has 8 fully saturated rings. The Balaban J connectivity index is 0.000000150. The van der Waals surface area contributed by atoms with Gasteiger partial charge >= 0.3 is 150 Å². The zero-order chi connectivity index (χ0) is 90.0. The minimum atomic E-state index is -3.21. The molecule has 9 atom stereocenters. The Morgan fingerprint density at radius 2 is 0.832 bits per heavy atom. The van der Waals surface area contributed by atoms with Crippen LogP contribution in [-0.2, 0) is 53.6 Å². The van der Waals surface area contributed by atoms with E-state index in [9.17, 15) is 25.3 Å². The van der Waals surface area contributed by atoms with Crippen molar-refractivity contribution in [2.45, 2.75) is 263 Å². The molecule has 16 heterocycles. The van der Waals surface area contributed by atoms with Gasteiger partial charge in [0.1, 0.15) is 22.6 Å². The number of nitrogens with one attached hydrogen (secondary N) is 6. The average Bonchev–Trinajstić information content (AvgIpc) is 1.24. The maximum atomic E-state index is 12.8. The summed E-state index contributed by atoms with van der Waals surface area (Å²) in [6.45, 7) is 23.6. The summed E-state index contributed by atoms with van der Waals surface area (Å²) in [6, 6.07) is 12.2. The van der Waals surface area contributed by atoms with Crippen molar-refractivity contribution in [3.05, 3.63) is 87.6 Å². The van der Waals surface area contributed by atoms with E-state index in [1.165, 1.54) is 5.47 Å². The predicted octanol–water partition coefficient (Wildman–Crippen LogP) is 20.4. The summed E-state index contributed by atoms with van der Waals surface area (Å²) in [4.78, 5) is 35.1. The zero-order valence-corrected chi connectivity index (χ0v) is 97.6. The van der Waals surface area contributed by atoms with Crippen LogP contribution in [0, 0.1) is 20.8 Å². The summed E-state index contributed by atoms with van der Waals surface area (Å²) in [5, 5.41) is 31.7. The molecule has 6 aromatic heterocycles. The third-order valence-electron chi connectivity index (χ3n) is 25.0. The number of aromatic nitrogens is 12. The van der Waals surface area contributed by atoms with Gasteiger partial charge in [0.15, 0.2) is 17.5 Å². The van der Waals surface area contributed by atoms with Crippen molar-refractivity contribution in [2.75, 3.05) is 109 Å².